The van der Waals surface area contributed by atoms with Gasteiger partial charge in [-0.25, -0.2) is 0 Å². The first kappa shape index (κ1) is 6.61. The topological polar surface area (TPSA) is 40.5 Å². The molecule has 1 radical (unpaired) electrons. The van der Waals surface area contributed by atoms with Gasteiger partial charge in [-0.2, -0.15) is 11.5 Å². The van der Waals surface area contributed by atoms with Crippen LogP contribution in [0.25, 0.3) is 0 Å². The van der Waals surface area contributed by atoms with E-state index in [0.717, 1.165) is 0 Å². The summed E-state index contributed by atoms with van der Waals surface area (Å²) >= 11 is -1.93. The summed E-state index contributed by atoms with van der Waals surface area (Å²) < 4.78 is 17.2. The highest BCUT2D eigenvalue weighted by molar-refractivity contribution is 8.06. The van der Waals surface area contributed by atoms with Gasteiger partial charge in [0, 0.05) is 0 Å². The maximum absolute atomic E-state index is 8.62. The first-order valence-electron chi connectivity index (χ1n) is 2.44. The quantitative estimate of drug-likeness (QED) is 0.524. The highest BCUT2D eigenvalue weighted by Crippen LogP contribution is 2.25. The Balaban J connectivity index is 2.85. The van der Waals surface area contributed by atoms with Crippen molar-refractivity contribution in [1.29, 1.82) is 0 Å². The highest BCUT2D eigenvalue weighted by Gasteiger charge is 1.89. The molecule has 0 aliphatic carbocycles. The normalized spacial score (nSPS) is 11.1. The molecule has 0 heterocycles. The average molecular weight is 143 g/mol. The lowest BCUT2D eigenvalue weighted by Crippen LogP contribution is -1.76. The van der Waals surface area contributed by atoms with E-state index in [4.69, 9.17) is 9.11 Å². The van der Waals surface area contributed by atoms with Crippen LogP contribution in [0.2, 0.25) is 0 Å². The van der Waals surface area contributed by atoms with Gasteiger partial charge in [0.2, 0.25) is 0 Å². The molecule has 0 saturated heterocycles. The Kier molecular flexibility index (Phi) is 2.10. The molecule has 0 aromatic heterocycles. The van der Waals surface area contributed by atoms with Crippen LogP contribution in [-0.4, -0.2) is 9.11 Å². The lowest BCUT2D eigenvalue weighted by atomic mass is 10.4. The van der Waals surface area contributed by atoms with Crippen molar-refractivity contribution >= 4 is 11.5 Å². The van der Waals surface area contributed by atoms with Gasteiger partial charge in [0.1, 0.15) is 0 Å². The third kappa shape index (κ3) is 1.71. The van der Waals surface area contributed by atoms with Crippen molar-refractivity contribution in [3.8, 4) is 0 Å². The molecule has 9 heavy (non-hydrogen) atoms. The summed E-state index contributed by atoms with van der Waals surface area (Å²) in [4.78, 5) is 0.535. The number of hydrogen-bond donors (Lipinski definition) is 3. The van der Waals surface area contributed by atoms with Crippen molar-refractivity contribution in [2.24, 2.45) is 0 Å². The Morgan fingerprint density at radius 2 is 2.22 bits per heavy atom. The van der Waals surface area contributed by atoms with Gasteiger partial charge in [0.05, 0.1) is 4.90 Å². The number of benzene rings is 1. The molecule has 1 aromatic rings. The fourth-order valence-corrected chi connectivity index (χ4v) is 0.918. The fraction of sp³-hybridized carbons (Fsp3) is 0. The third-order valence-corrected chi connectivity index (χ3v) is 1.66. The molecule has 3 heteroatoms. The zero-order valence-corrected chi connectivity index (χ0v) is 5.55. The van der Waals surface area contributed by atoms with Gasteiger partial charge in [-0.1, -0.05) is 12.1 Å². The standard InChI is InChI=1S/C6H7O2S/c7-9(8)6-4-2-1-3-5-6/h1-2,4-5,7-9H. The summed E-state index contributed by atoms with van der Waals surface area (Å²) in [5, 5.41) is 0. The molecule has 0 fully saturated rings. The lowest BCUT2D eigenvalue weighted by molar-refractivity contribution is 0.516. The molecule has 2 nitrogen and oxygen atoms in total. The first-order valence-corrected chi connectivity index (χ1v) is 3.69. The second kappa shape index (κ2) is 2.87. The molecule has 0 spiro atoms. The smallest absolute Gasteiger partial charge is 0.0560 e. The van der Waals surface area contributed by atoms with E-state index in [1.165, 1.54) is 0 Å². The van der Waals surface area contributed by atoms with Crippen molar-refractivity contribution in [2.45, 2.75) is 4.90 Å². The molecule has 0 amide bonds. The molecule has 49 valence electrons. The van der Waals surface area contributed by atoms with Crippen LogP contribution in [0.1, 0.15) is 0 Å². The Morgan fingerprint density at radius 3 is 2.56 bits per heavy atom. The summed E-state index contributed by atoms with van der Waals surface area (Å²) in [6.07, 6.45) is 0. The third-order valence-electron chi connectivity index (χ3n) is 0.922. The largest absolute Gasteiger partial charge is 0.297 e. The van der Waals surface area contributed by atoms with E-state index in [1.54, 1.807) is 24.3 Å². The van der Waals surface area contributed by atoms with Crippen LogP contribution < -0.4 is 0 Å². The predicted octanol–water partition coefficient (Wildman–Crippen LogP) is 1.79. The Labute approximate surface area is 56.5 Å². The van der Waals surface area contributed by atoms with Crippen molar-refractivity contribution in [3.63, 3.8) is 0 Å². The minimum atomic E-state index is -1.93. The van der Waals surface area contributed by atoms with Gasteiger partial charge in [-0.15, -0.1) is 0 Å². The molecule has 0 aliphatic heterocycles. The van der Waals surface area contributed by atoms with Crippen molar-refractivity contribution in [3.05, 3.63) is 30.3 Å². The Bertz CT molecular complexity index is 174. The van der Waals surface area contributed by atoms with Gasteiger partial charge in [-0.05, 0) is 18.2 Å². The average Bonchev–Trinajstić information content (AvgIpc) is 1.90. The summed E-state index contributed by atoms with van der Waals surface area (Å²) in [7, 11) is 0. The molecular weight excluding hydrogens is 136 g/mol. The summed E-state index contributed by atoms with van der Waals surface area (Å²) in [5.41, 5.74) is 0. The summed E-state index contributed by atoms with van der Waals surface area (Å²) in [5.74, 6) is 0. The van der Waals surface area contributed by atoms with Crippen molar-refractivity contribution in [1.82, 2.24) is 0 Å². The van der Waals surface area contributed by atoms with Gasteiger partial charge in [0.15, 0.2) is 0 Å². The number of rotatable bonds is 1. The molecule has 1 aromatic carbocycles. The molecule has 2 N–H and O–H groups in total. The highest BCUT2D eigenvalue weighted by atomic mass is 32.2. The van der Waals surface area contributed by atoms with Crippen LogP contribution in [0.3, 0.4) is 0 Å². The SMILES string of the molecule is O[SH](O)c1c[c]ccc1. The molecule has 0 saturated carbocycles. The second-order valence-corrected chi connectivity index (χ2v) is 2.65. The molecular formula is C6H7O2S. The predicted molar refractivity (Wildman–Crippen MR) is 37.8 cm³/mol. The van der Waals surface area contributed by atoms with E-state index < -0.39 is 11.5 Å². The summed E-state index contributed by atoms with van der Waals surface area (Å²) in [6, 6.07) is 9.38. The van der Waals surface area contributed by atoms with Gasteiger partial charge in [0.25, 0.3) is 0 Å². The van der Waals surface area contributed by atoms with Gasteiger partial charge >= 0.3 is 0 Å². The van der Waals surface area contributed by atoms with Crippen LogP contribution in [0.4, 0.5) is 0 Å². The second-order valence-electron chi connectivity index (χ2n) is 1.55. The van der Waals surface area contributed by atoms with E-state index in [1.807, 2.05) is 0 Å². The molecule has 0 atom stereocenters. The van der Waals surface area contributed by atoms with E-state index in [2.05, 4.69) is 6.07 Å². The fourth-order valence-electron chi connectivity index (χ4n) is 0.508. The van der Waals surface area contributed by atoms with Gasteiger partial charge in [-0.3, -0.25) is 9.11 Å². The zero-order chi connectivity index (χ0) is 6.69. The molecule has 1 rings (SSSR count). The first-order chi connectivity index (χ1) is 4.30. The summed E-state index contributed by atoms with van der Waals surface area (Å²) in [6.45, 7) is 0. The maximum Gasteiger partial charge on any atom is 0.0560 e. The van der Waals surface area contributed by atoms with E-state index in [-0.39, 0.29) is 0 Å². The zero-order valence-electron chi connectivity index (χ0n) is 4.65. The van der Waals surface area contributed by atoms with E-state index in [9.17, 15) is 0 Å². The Morgan fingerprint density at radius 1 is 1.44 bits per heavy atom. The van der Waals surface area contributed by atoms with Gasteiger partial charge < -0.3 is 0 Å². The van der Waals surface area contributed by atoms with E-state index >= 15 is 0 Å². The van der Waals surface area contributed by atoms with Crippen LogP contribution in [0.15, 0.2) is 29.2 Å². The number of thiol groups is 1. The molecule has 0 aliphatic rings. The van der Waals surface area contributed by atoms with E-state index in [0.29, 0.717) is 4.90 Å². The number of hydrogen-bond acceptors (Lipinski definition) is 2. The molecule has 0 unspecified atom stereocenters. The van der Waals surface area contributed by atoms with Crippen LogP contribution >= 0.6 is 11.5 Å². The molecule has 0 bridgehead atoms. The van der Waals surface area contributed by atoms with Crippen LogP contribution in [-0.2, 0) is 0 Å². The van der Waals surface area contributed by atoms with Crippen molar-refractivity contribution < 1.29 is 9.11 Å². The van der Waals surface area contributed by atoms with Crippen molar-refractivity contribution in [2.75, 3.05) is 0 Å². The monoisotopic (exact) mass is 143 g/mol. The Hall–Kier alpha value is -0.510. The minimum absolute atomic E-state index is 0.535. The lowest BCUT2D eigenvalue weighted by Gasteiger charge is -2.08. The van der Waals surface area contributed by atoms with Crippen LogP contribution in [0, 0.1) is 6.07 Å². The maximum atomic E-state index is 8.62. The van der Waals surface area contributed by atoms with Crippen LogP contribution in [0.5, 0.6) is 0 Å². The minimum Gasteiger partial charge on any atom is -0.297 e.